The third kappa shape index (κ3) is 10.6. The number of nitrogens with zero attached hydrogens (tertiary/aromatic N) is 2. The molecule has 17 nitrogen and oxygen atoms in total. The second-order valence-corrected chi connectivity index (χ2v) is 20.9. The maximum Gasteiger partial charge on any atom is 0.408 e. The predicted octanol–water partition coefficient (Wildman–Crippen LogP) is 2.77. The van der Waals surface area contributed by atoms with Crippen LogP contribution in [0.4, 0.5) is 4.79 Å². The van der Waals surface area contributed by atoms with Crippen molar-refractivity contribution in [3.63, 3.8) is 0 Å². The SMILES string of the molecule is COc1ccc2c(O[C@@H]3C[C@@H](C(=O)N[C@]4(C(=O)NS(=O)(=O)OC5(C)CC5)C[C@H]4CCS(C)(=O)=O)N(C(=O)[C@@H](NC(=O)OC(C)(C)C)C(C)(C)C)C3)nccc2c1. The van der Waals surface area contributed by atoms with Crippen molar-refractivity contribution in [2.45, 2.75) is 115 Å². The second-order valence-electron chi connectivity index (χ2n) is 17.3. The highest BCUT2D eigenvalue weighted by Gasteiger charge is 2.63. The number of carbonyl (C=O) groups is 4. The fraction of sp³-hybridized carbons (Fsp3) is 0.649. The molecule has 0 bridgehead atoms. The van der Waals surface area contributed by atoms with Gasteiger partial charge < -0.3 is 29.7 Å². The summed E-state index contributed by atoms with van der Waals surface area (Å²) in [5.41, 5.74) is -4.54. The third-order valence-corrected chi connectivity index (χ3v) is 12.0. The van der Waals surface area contributed by atoms with E-state index in [1.54, 1.807) is 86.0 Å². The van der Waals surface area contributed by atoms with Crippen LogP contribution < -0.4 is 24.8 Å². The van der Waals surface area contributed by atoms with Crippen molar-refractivity contribution in [1.29, 1.82) is 0 Å². The molecule has 2 heterocycles. The highest BCUT2D eigenvalue weighted by molar-refractivity contribution is 7.90. The quantitative estimate of drug-likeness (QED) is 0.250. The van der Waals surface area contributed by atoms with Gasteiger partial charge >= 0.3 is 16.4 Å². The maximum atomic E-state index is 14.6. The number of hydrogen-bond acceptors (Lipinski definition) is 13. The van der Waals surface area contributed by atoms with Crippen LogP contribution in [-0.4, -0.2) is 111 Å². The number of methoxy groups -OCH3 is 1. The van der Waals surface area contributed by atoms with Crippen LogP contribution in [0, 0.1) is 11.3 Å². The number of alkyl carbamates (subject to hydrolysis) is 1. The van der Waals surface area contributed by atoms with E-state index in [1.807, 2.05) is 4.72 Å². The van der Waals surface area contributed by atoms with Gasteiger partial charge in [-0.2, -0.15) is 8.42 Å². The zero-order chi connectivity index (χ0) is 41.6. The van der Waals surface area contributed by atoms with Crippen molar-refractivity contribution in [2.24, 2.45) is 11.3 Å². The minimum Gasteiger partial charge on any atom is -0.497 e. The number of rotatable bonds is 14. The van der Waals surface area contributed by atoms with Crippen LogP contribution in [-0.2, 0) is 43.4 Å². The van der Waals surface area contributed by atoms with Crippen LogP contribution in [0.5, 0.6) is 11.6 Å². The van der Waals surface area contributed by atoms with E-state index in [0.717, 1.165) is 11.6 Å². The number of amides is 4. The molecule has 5 rings (SSSR count). The summed E-state index contributed by atoms with van der Waals surface area (Å²) in [6.07, 6.45) is 1.66. The number of benzene rings is 1. The van der Waals surface area contributed by atoms with Crippen LogP contribution in [0.3, 0.4) is 0 Å². The van der Waals surface area contributed by atoms with E-state index in [2.05, 4.69) is 15.6 Å². The number of ether oxygens (including phenoxy) is 3. The summed E-state index contributed by atoms with van der Waals surface area (Å²) in [7, 11) is -6.55. The van der Waals surface area contributed by atoms with E-state index in [9.17, 15) is 36.0 Å². The topological polar surface area (TPSA) is 226 Å². The lowest BCUT2D eigenvalue weighted by Crippen LogP contribution is -2.60. The van der Waals surface area contributed by atoms with Crippen molar-refractivity contribution in [3.8, 4) is 11.6 Å². The Kier molecular flexibility index (Phi) is 11.7. The molecule has 1 saturated heterocycles. The Hall–Kier alpha value is -4.23. The molecule has 310 valence electrons. The van der Waals surface area contributed by atoms with Crippen LogP contribution in [0.1, 0.15) is 80.6 Å². The summed E-state index contributed by atoms with van der Waals surface area (Å²) in [5, 5.41) is 6.77. The van der Waals surface area contributed by atoms with Gasteiger partial charge in [0.25, 0.3) is 5.91 Å². The Labute approximate surface area is 328 Å². The molecule has 2 aromatic rings. The Balaban J connectivity index is 1.46. The lowest BCUT2D eigenvalue weighted by Gasteiger charge is -2.36. The molecule has 2 aliphatic carbocycles. The highest BCUT2D eigenvalue weighted by atomic mass is 32.2. The van der Waals surface area contributed by atoms with Gasteiger partial charge in [-0.05, 0) is 94.4 Å². The van der Waals surface area contributed by atoms with Gasteiger partial charge in [0.1, 0.15) is 44.9 Å². The zero-order valence-corrected chi connectivity index (χ0v) is 34.9. The number of pyridine rings is 1. The fourth-order valence-corrected chi connectivity index (χ4v) is 8.56. The molecule has 5 atom stereocenters. The zero-order valence-electron chi connectivity index (χ0n) is 33.3. The first-order chi connectivity index (χ1) is 25.7. The van der Waals surface area contributed by atoms with Gasteiger partial charge in [0.2, 0.25) is 17.7 Å². The number of carbonyl (C=O) groups excluding carboxylic acids is 4. The standard InChI is InChI=1S/C37H53N5O12S2/c1-34(2,3)28(39-33(46)53-35(4,5)6)31(44)42-21-25(52-30-26-11-10-24(51-8)18-22(26)12-16-38-30)19-27(42)29(43)40-37(20-23(37)13-17-55(9,47)48)32(45)41-56(49,50)54-36(7)14-15-36/h10-12,16,18,23,25,27-28H,13-15,17,19-21H2,1-9H3,(H,39,46)(H,40,43)(H,41,45)/t23-,25-,27+,28-,37-/m1/s1. The summed E-state index contributed by atoms with van der Waals surface area (Å²) in [5.74, 6) is -2.76. The molecule has 1 aromatic carbocycles. The largest absolute Gasteiger partial charge is 0.497 e. The smallest absolute Gasteiger partial charge is 0.408 e. The minimum atomic E-state index is -4.60. The molecular formula is C37H53N5O12S2. The molecule has 0 radical (unpaired) electrons. The lowest BCUT2D eigenvalue weighted by atomic mass is 9.85. The molecule has 3 aliphatic rings. The average molecular weight is 824 g/mol. The second kappa shape index (κ2) is 15.3. The van der Waals surface area contributed by atoms with Gasteiger partial charge in [0.05, 0.1) is 25.0 Å². The number of fused-ring (bicyclic) bond motifs is 1. The first-order valence-electron chi connectivity index (χ1n) is 18.4. The summed E-state index contributed by atoms with van der Waals surface area (Å²) >= 11 is 0. The van der Waals surface area contributed by atoms with Crippen LogP contribution in [0.2, 0.25) is 0 Å². The van der Waals surface area contributed by atoms with E-state index < -0.39 is 90.2 Å². The molecule has 56 heavy (non-hydrogen) atoms. The third-order valence-electron chi connectivity index (χ3n) is 10.0. The Morgan fingerprint density at radius 3 is 2.30 bits per heavy atom. The normalized spacial score (nSPS) is 23.8. The number of likely N-dealkylation sites (tertiary alicyclic amines) is 1. The Morgan fingerprint density at radius 2 is 1.71 bits per heavy atom. The van der Waals surface area contributed by atoms with Crippen LogP contribution in [0.25, 0.3) is 10.8 Å². The summed E-state index contributed by atoms with van der Waals surface area (Å²) in [6.45, 7) is 11.7. The van der Waals surface area contributed by atoms with E-state index in [-0.39, 0.29) is 37.4 Å². The maximum absolute atomic E-state index is 14.6. The van der Waals surface area contributed by atoms with Crippen molar-refractivity contribution in [3.05, 3.63) is 30.5 Å². The number of hydrogen-bond donors (Lipinski definition) is 3. The highest BCUT2D eigenvalue weighted by Crippen LogP contribution is 2.47. The minimum absolute atomic E-state index is 0.0480. The van der Waals surface area contributed by atoms with Gasteiger partial charge in [-0.15, -0.1) is 0 Å². The molecule has 19 heteroatoms. The van der Waals surface area contributed by atoms with Gasteiger partial charge in [0, 0.05) is 24.3 Å². The van der Waals surface area contributed by atoms with Crippen molar-refractivity contribution >= 4 is 54.7 Å². The van der Waals surface area contributed by atoms with Gasteiger partial charge in [-0.1, -0.05) is 20.8 Å². The first kappa shape index (κ1) is 42.9. The summed E-state index contributed by atoms with van der Waals surface area (Å²) in [6, 6.07) is 4.61. The monoisotopic (exact) mass is 823 g/mol. The summed E-state index contributed by atoms with van der Waals surface area (Å²) in [4.78, 5) is 61.5. The van der Waals surface area contributed by atoms with Gasteiger partial charge in [0.15, 0.2) is 0 Å². The van der Waals surface area contributed by atoms with E-state index in [1.165, 1.54) is 4.90 Å². The number of sulfone groups is 1. The molecule has 4 amide bonds. The molecule has 1 aliphatic heterocycles. The molecule has 3 fully saturated rings. The van der Waals surface area contributed by atoms with Crippen LogP contribution >= 0.6 is 0 Å². The average Bonchev–Trinajstić information content (AvgIpc) is 3.92. The first-order valence-corrected chi connectivity index (χ1v) is 21.9. The van der Waals surface area contributed by atoms with Crippen LogP contribution in [0.15, 0.2) is 30.5 Å². The summed E-state index contributed by atoms with van der Waals surface area (Å²) < 4.78 is 74.2. The van der Waals surface area contributed by atoms with Gasteiger partial charge in [-0.3, -0.25) is 14.4 Å². The van der Waals surface area contributed by atoms with Crippen molar-refractivity contribution < 1.29 is 54.4 Å². The van der Waals surface area contributed by atoms with Gasteiger partial charge in [-0.25, -0.2) is 27.1 Å². The fourth-order valence-electron chi connectivity index (χ4n) is 6.70. The molecule has 1 aromatic heterocycles. The lowest BCUT2D eigenvalue weighted by molar-refractivity contribution is -0.143. The molecule has 0 spiro atoms. The molecular weight excluding hydrogens is 771 g/mol. The number of nitrogens with one attached hydrogen (secondary N) is 3. The predicted molar refractivity (Wildman–Crippen MR) is 205 cm³/mol. The number of aromatic nitrogens is 1. The Bertz CT molecular complexity index is 2090. The van der Waals surface area contributed by atoms with Crippen molar-refractivity contribution in [1.82, 2.24) is 25.2 Å². The van der Waals surface area contributed by atoms with E-state index in [0.29, 0.717) is 24.0 Å². The van der Waals surface area contributed by atoms with E-state index in [4.69, 9.17) is 18.4 Å². The Morgan fingerprint density at radius 1 is 1.04 bits per heavy atom. The van der Waals surface area contributed by atoms with E-state index >= 15 is 0 Å². The molecule has 3 N–H and O–H groups in total. The van der Waals surface area contributed by atoms with Crippen molar-refractivity contribution in [2.75, 3.05) is 25.7 Å². The molecule has 0 unspecified atom stereocenters. The molecule has 2 saturated carbocycles.